The van der Waals surface area contributed by atoms with Crippen LogP contribution in [0.15, 0.2) is 48.5 Å². The number of alkyl halides is 6. The van der Waals surface area contributed by atoms with Crippen molar-refractivity contribution in [3.63, 3.8) is 0 Å². The molecule has 0 heterocycles. The van der Waals surface area contributed by atoms with Gasteiger partial charge in [-0.3, -0.25) is 4.79 Å². The van der Waals surface area contributed by atoms with Crippen LogP contribution in [-0.2, 0) is 12.4 Å². The summed E-state index contributed by atoms with van der Waals surface area (Å²) in [6.45, 7) is 0.597. The summed E-state index contributed by atoms with van der Waals surface area (Å²) < 4.78 is 76.2. The Labute approximate surface area is 175 Å². The Morgan fingerprint density at radius 3 is 2.03 bits per heavy atom. The van der Waals surface area contributed by atoms with Gasteiger partial charge in [0.15, 0.2) is 0 Å². The van der Waals surface area contributed by atoms with Gasteiger partial charge >= 0.3 is 12.4 Å². The highest BCUT2D eigenvalue weighted by atomic mass is 19.4. The second-order valence-electron chi connectivity index (χ2n) is 7.73. The minimum Gasteiger partial charge on any atom is -0.385 e. The molecule has 0 aromatic heterocycles. The Morgan fingerprint density at radius 2 is 1.45 bits per heavy atom. The molecule has 3 rings (SSSR count). The van der Waals surface area contributed by atoms with Gasteiger partial charge in [0, 0.05) is 23.8 Å². The number of hydrogen-bond acceptors (Lipinski definition) is 2. The zero-order valence-corrected chi connectivity index (χ0v) is 16.5. The summed E-state index contributed by atoms with van der Waals surface area (Å²) in [7, 11) is 0. The lowest BCUT2D eigenvalue weighted by molar-refractivity contribution is -0.138. The topological polar surface area (TPSA) is 41.1 Å². The van der Waals surface area contributed by atoms with Gasteiger partial charge < -0.3 is 10.6 Å². The van der Waals surface area contributed by atoms with Crippen molar-refractivity contribution < 1.29 is 31.1 Å². The van der Waals surface area contributed by atoms with E-state index in [1.807, 2.05) is 0 Å². The van der Waals surface area contributed by atoms with Crippen LogP contribution in [0.4, 0.5) is 32.0 Å². The van der Waals surface area contributed by atoms with Crippen LogP contribution in [0.25, 0.3) is 0 Å². The van der Waals surface area contributed by atoms with Gasteiger partial charge in [0.25, 0.3) is 5.91 Å². The number of benzene rings is 2. The molecule has 9 heteroatoms. The third-order valence-corrected chi connectivity index (χ3v) is 5.44. The molecule has 3 nitrogen and oxygen atoms in total. The van der Waals surface area contributed by atoms with E-state index in [1.54, 1.807) is 0 Å². The fraction of sp³-hybridized carbons (Fsp3) is 0.409. The van der Waals surface area contributed by atoms with E-state index in [1.165, 1.54) is 24.3 Å². The summed E-state index contributed by atoms with van der Waals surface area (Å²) >= 11 is 0. The lowest BCUT2D eigenvalue weighted by Crippen LogP contribution is -2.38. The second kappa shape index (κ2) is 9.20. The molecular weight excluding hydrogens is 422 g/mol. The molecule has 0 unspecified atom stereocenters. The molecule has 0 bridgehead atoms. The first-order chi connectivity index (χ1) is 14.5. The van der Waals surface area contributed by atoms with E-state index in [0.717, 1.165) is 37.1 Å². The van der Waals surface area contributed by atoms with Crippen LogP contribution in [0.1, 0.15) is 47.2 Å². The monoisotopic (exact) mass is 444 g/mol. The van der Waals surface area contributed by atoms with Crippen LogP contribution < -0.4 is 10.6 Å². The summed E-state index contributed by atoms with van der Waals surface area (Å²) in [5.74, 6) is -0.235. The van der Waals surface area contributed by atoms with E-state index in [2.05, 4.69) is 10.6 Å². The molecule has 1 aliphatic rings. The standard InChI is InChI=1S/C22H22F6N2O/c23-21(24,25)16-6-10-18(11-7-16)29-13-14-4-8-19(9-5-14)30-20(31)15-2-1-3-17(12-15)22(26,27)28/h1-3,6-7,10-12,14,19,29H,4-5,8-9,13H2,(H,30,31). The molecule has 0 atom stereocenters. The first-order valence-corrected chi connectivity index (χ1v) is 9.91. The third-order valence-electron chi connectivity index (χ3n) is 5.44. The van der Waals surface area contributed by atoms with E-state index in [-0.39, 0.29) is 11.6 Å². The molecule has 2 aromatic carbocycles. The number of halogens is 6. The van der Waals surface area contributed by atoms with E-state index >= 15 is 0 Å². The Kier molecular flexibility index (Phi) is 6.81. The highest BCUT2D eigenvalue weighted by Gasteiger charge is 2.31. The largest absolute Gasteiger partial charge is 0.416 e. The van der Waals surface area contributed by atoms with Crippen LogP contribution >= 0.6 is 0 Å². The number of carbonyl (C=O) groups is 1. The predicted octanol–water partition coefficient (Wildman–Crippen LogP) is 6.12. The number of nitrogens with one attached hydrogen (secondary N) is 2. The van der Waals surface area contributed by atoms with E-state index in [9.17, 15) is 31.1 Å². The quantitative estimate of drug-likeness (QED) is 0.545. The molecule has 0 radical (unpaired) electrons. The zero-order valence-electron chi connectivity index (χ0n) is 16.5. The van der Waals surface area contributed by atoms with E-state index < -0.39 is 29.4 Å². The summed E-state index contributed by atoms with van der Waals surface area (Å²) in [4.78, 5) is 12.3. The van der Waals surface area contributed by atoms with Crippen LogP contribution in [0.5, 0.6) is 0 Å². The van der Waals surface area contributed by atoms with Gasteiger partial charge in [0.2, 0.25) is 0 Å². The maximum Gasteiger partial charge on any atom is 0.416 e. The normalized spacial score (nSPS) is 19.7. The molecule has 0 saturated heterocycles. The van der Waals surface area contributed by atoms with E-state index in [0.29, 0.717) is 31.0 Å². The van der Waals surface area contributed by atoms with Crippen LogP contribution in [0.3, 0.4) is 0 Å². The minimum absolute atomic E-state index is 0.0269. The molecule has 0 spiro atoms. The van der Waals surface area contributed by atoms with Gasteiger partial charge in [-0.2, -0.15) is 26.3 Å². The third kappa shape index (κ3) is 6.38. The summed E-state index contributed by atoms with van der Waals surface area (Å²) in [6.07, 6.45) is -5.92. The van der Waals surface area contributed by atoms with Gasteiger partial charge in [0.1, 0.15) is 0 Å². The van der Waals surface area contributed by atoms with Crippen molar-refractivity contribution in [3.8, 4) is 0 Å². The van der Waals surface area contributed by atoms with Crippen molar-refractivity contribution in [3.05, 3.63) is 65.2 Å². The second-order valence-corrected chi connectivity index (χ2v) is 7.73. The molecule has 1 amide bonds. The first kappa shape index (κ1) is 23.0. The summed E-state index contributed by atoms with van der Waals surface area (Å²) in [5.41, 5.74) is -0.984. The van der Waals surface area contributed by atoms with Crippen molar-refractivity contribution in [1.29, 1.82) is 0 Å². The van der Waals surface area contributed by atoms with Crippen LogP contribution in [0, 0.1) is 5.92 Å². The zero-order chi connectivity index (χ0) is 22.6. The summed E-state index contributed by atoms with van der Waals surface area (Å²) in [6, 6.07) is 9.05. The highest BCUT2D eigenvalue weighted by molar-refractivity contribution is 5.94. The first-order valence-electron chi connectivity index (χ1n) is 9.91. The van der Waals surface area contributed by atoms with Gasteiger partial charge in [-0.15, -0.1) is 0 Å². The molecule has 1 aliphatic carbocycles. The van der Waals surface area contributed by atoms with Crippen LogP contribution in [-0.4, -0.2) is 18.5 Å². The van der Waals surface area contributed by atoms with Gasteiger partial charge in [-0.25, -0.2) is 0 Å². The molecular formula is C22H22F6N2O. The Balaban J connectivity index is 1.45. The van der Waals surface area contributed by atoms with Gasteiger partial charge in [0.05, 0.1) is 11.1 Å². The smallest absolute Gasteiger partial charge is 0.385 e. The molecule has 168 valence electrons. The predicted molar refractivity (Wildman–Crippen MR) is 105 cm³/mol. The molecule has 31 heavy (non-hydrogen) atoms. The fourth-order valence-electron chi connectivity index (χ4n) is 3.66. The Hall–Kier alpha value is -2.71. The van der Waals surface area contributed by atoms with Crippen molar-refractivity contribution >= 4 is 11.6 Å². The van der Waals surface area contributed by atoms with Crippen LogP contribution in [0.2, 0.25) is 0 Å². The average Bonchev–Trinajstić information content (AvgIpc) is 2.72. The Morgan fingerprint density at radius 1 is 0.839 bits per heavy atom. The average molecular weight is 444 g/mol. The van der Waals surface area contributed by atoms with Gasteiger partial charge in [-0.1, -0.05) is 6.07 Å². The van der Waals surface area contributed by atoms with Crippen molar-refractivity contribution in [1.82, 2.24) is 5.32 Å². The molecule has 2 N–H and O–H groups in total. The number of rotatable bonds is 5. The number of amides is 1. The van der Waals surface area contributed by atoms with Crippen molar-refractivity contribution in [2.75, 3.05) is 11.9 Å². The minimum atomic E-state index is -4.51. The maximum absolute atomic E-state index is 12.8. The lowest BCUT2D eigenvalue weighted by Gasteiger charge is -2.29. The lowest BCUT2D eigenvalue weighted by atomic mass is 9.86. The fourth-order valence-corrected chi connectivity index (χ4v) is 3.66. The number of carbonyl (C=O) groups excluding carboxylic acids is 1. The van der Waals surface area contributed by atoms with E-state index in [4.69, 9.17) is 0 Å². The van der Waals surface area contributed by atoms with Crippen molar-refractivity contribution in [2.45, 2.75) is 44.1 Å². The summed E-state index contributed by atoms with van der Waals surface area (Å²) in [5, 5.41) is 5.93. The molecule has 1 saturated carbocycles. The Bertz CT molecular complexity index is 884. The molecule has 2 aromatic rings. The number of hydrogen-bond donors (Lipinski definition) is 2. The molecule has 0 aliphatic heterocycles. The molecule has 1 fully saturated rings. The maximum atomic E-state index is 12.8. The van der Waals surface area contributed by atoms with Gasteiger partial charge in [-0.05, 0) is 74.1 Å². The number of anilines is 1. The SMILES string of the molecule is O=C(NC1CCC(CNc2ccc(C(F)(F)F)cc2)CC1)c1cccc(C(F)(F)F)c1. The van der Waals surface area contributed by atoms with Crippen molar-refractivity contribution in [2.24, 2.45) is 5.92 Å². The highest BCUT2D eigenvalue weighted by Crippen LogP contribution is 2.31.